The summed E-state index contributed by atoms with van der Waals surface area (Å²) in [6.07, 6.45) is 0. The fourth-order valence-electron chi connectivity index (χ4n) is 1.82. The number of H-pyrrole nitrogens is 1. The topological polar surface area (TPSA) is 37.9 Å². The van der Waals surface area contributed by atoms with Crippen molar-refractivity contribution < 1.29 is 4.74 Å². The predicted molar refractivity (Wildman–Crippen MR) is 65.9 cm³/mol. The highest BCUT2D eigenvalue weighted by atomic mass is 16.5. The standard InChI is InChI=1S/C13H18N2O/c1-8(2)9(3)13-11-7-10(16-4)5-6-12(11)14-15-13/h5-9H,1-4H3,(H,14,15). The first-order chi connectivity index (χ1) is 7.63. The van der Waals surface area contributed by atoms with Crippen LogP contribution in [-0.4, -0.2) is 17.3 Å². The Morgan fingerprint density at radius 1 is 1.25 bits per heavy atom. The Hall–Kier alpha value is -1.51. The van der Waals surface area contributed by atoms with E-state index in [9.17, 15) is 0 Å². The lowest BCUT2D eigenvalue weighted by Crippen LogP contribution is -2.02. The Balaban J connectivity index is 2.53. The highest BCUT2D eigenvalue weighted by molar-refractivity contribution is 5.83. The molecule has 0 radical (unpaired) electrons. The summed E-state index contributed by atoms with van der Waals surface area (Å²) < 4.78 is 5.25. The normalized spacial score (nSPS) is 13.3. The van der Waals surface area contributed by atoms with Crippen molar-refractivity contribution in [3.8, 4) is 5.75 Å². The van der Waals surface area contributed by atoms with E-state index in [4.69, 9.17) is 4.74 Å². The Labute approximate surface area is 95.8 Å². The Kier molecular flexibility index (Phi) is 2.86. The number of nitrogens with one attached hydrogen (secondary N) is 1. The van der Waals surface area contributed by atoms with Gasteiger partial charge in [-0.3, -0.25) is 5.10 Å². The van der Waals surface area contributed by atoms with E-state index < -0.39 is 0 Å². The van der Waals surface area contributed by atoms with Crippen LogP contribution in [0.4, 0.5) is 0 Å². The lowest BCUT2D eigenvalue weighted by atomic mass is 9.93. The Morgan fingerprint density at radius 3 is 2.62 bits per heavy atom. The third-order valence-corrected chi connectivity index (χ3v) is 3.25. The van der Waals surface area contributed by atoms with Gasteiger partial charge in [0.15, 0.2) is 0 Å². The largest absolute Gasteiger partial charge is 0.497 e. The second kappa shape index (κ2) is 4.16. The summed E-state index contributed by atoms with van der Waals surface area (Å²) in [7, 11) is 1.69. The quantitative estimate of drug-likeness (QED) is 0.858. The molecule has 86 valence electrons. The highest BCUT2D eigenvalue weighted by Crippen LogP contribution is 2.30. The molecule has 16 heavy (non-hydrogen) atoms. The molecule has 1 aromatic carbocycles. The molecule has 1 unspecified atom stereocenters. The summed E-state index contributed by atoms with van der Waals surface area (Å²) in [5.74, 6) is 1.94. The SMILES string of the molecule is COc1ccc2n[nH]c(C(C)C(C)C)c2c1. The number of ether oxygens (including phenoxy) is 1. The van der Waals surface area contributed by atoms with Crippen molar-refractivity contribution in [3.63, 3.8) is 0 Å². The van der Waals surface area contributed by atoms with Crippen LogP contribution in [0.5, 0.6) is 5.75 Å². The van der Waals surface area contributed by atoms with Crippen LogP contribution in [0.15, 0.2) is 18.2 Å². The van der Waals surface area contributed by atoms with Gasteiger partial charge in [-0.25, -0.2) is 0 Å². The summed E-state index contributed by atoms with van der Waals surface area (Å²) in [4.78, 5) is 0. The van der Waals surface area contributed by atoms with Crippen LogP contribution in [0.1, 0.15) is 32.4 Å². The summed E-state index contributed by atoms with van der Waals surface area (Å²) >= 11 is 0. The first-order valence-electron chi connectivity index (χ1n) is 5.65. The van der Waals surface area contributed by atoms with Crippen LogP contribution >= 0.6 is 0 Å². The number of methoxy groups -OCH3 is 1. The van der Waals surface area contributed by atoms with Crippen molar-refractivity contribution in [2.45, 2.75) is 26.7 Å². The molecule has 0 saturated heterocycles. The van der Waals surface area contributed by atoms with E-state index in [0.717, 1.165) is 11.3 Å². The first-order valence-corrected chi connectivity index (χ1v) is 5.65. The summed E-state index contributed by atoms with van der Waals surface area (Å²) in [5, 5.41) is 8.62. The molecular weight excluding hydrogens is 200 g/mol. The van der Waals surface area contributed by atoms with Crippen LogP contribution in [-0.2, 0) is 0 Å². The average molecular weight is 218 g/mol. The van der Waals surface area contributed by atoms with Crippen molar-refractivity contribution >= 4 is 10.9 Å². The molecule has 2 aromatic rings. The molecule has 3 heteroatoms. The maximum atomic E-state index is 5.25. The number of hydrogen-bond donors (Lipinski definition) is 1. The number of fused-ring (bicyclic) bond motifs is 1. The molecule has 1 N–H and O–H groups in total. The van der Waals surface area contributed by atoms with E-state index in [0.29, 0.717) is 11.8 Å². The molecule has 0 amide bonds. The van der Waals surface area contributed by atoms with E-state index in [1.807, 2.05) is 18.2 Å². The van der Waals surface area contributed by atoms with Crippen LogP contribution in [0, 0.1) is 5.92 Å². The molecule has 3 nitrogen and oxygen atoms in total. The number of aromatic amines is 1. The summed E-state index contributed by atoms with van der Waals surface area (Å²) in [6.45, 7) is 6.66. The lowest BCUT2D eigenvalue weighted by molar-refractivity contribution is 0.415. The van der Waals surface area contributed by atoms with Crippen LogP contribution < -0.4 is 4.74 Å². The van der Waals surface area contributed by atoms with Crippen molar-refractivity contribution in [2.75, 3.05) is 7.11 Å². The molecule has 2 rings (SSSR count). The molecule has 0 spiro atoms. The van der Waals surface area contributed by atoms with Crippen molar-refractivity contribution in [2.24, 2.45) is 5.92 Å². The zero-order chi connectivity index (χ0) is 11.7. The fourth-order valence-corrected chi connectivity index (χ4v) is 1.82. The van der Waals surface area contributed by atoms with Gasteiger partial charge in [0.1, 0.15) is 5.75 Å². The molecule has 0 aliphatic carbocycles. The minimum absolute atomic E-state index is 0.470. The van der Waals surface area contributed by atoms with Gasteiger partial charge < -0.3 is 4.74 Å². The Bertz CT molecular complexity index is 488. The zero-order valence-corrected chi connectivity index (χ0v) is 10.2. The van der Waals surface area contributed by atoms with Gasteiger partial charge in [-0.1, -0.05) is 20.8 Å². The van der Waals surface area contributed by atoms with Gasteiger partial charge in [-0.05, 0) is 24.1 Å². The zero-order valence-electron chi connectivity index (χ0n) is 10.2. The minimum Gasteiger partial charge on any atom is -0.497 e. The van der Waals surface area contributed by atoms with Crippen LogP contribution in [0.2, 0.25) is 0 Å². The highest BCUT2D eigenvalue weighted by Gasteiger charge is 2.16. The van der Waals surface area contributed by atoms with Gasteiger partial charge in [-0.15, -0.1) is 0 Å². The van der Waals surface area contributed by atoms with Crippen molar-refractivity contribution in [1.29, 1.82) is 0 Å². The van der Waals surface area contributed by atoms with E-state index in [2.05, 4.69) is 31.0 Å². The third kappa shape index (κ3) is 1.77. The molecular formula is C13H18N2O. The second-order valence-corrected chi connectivity index (χ2v) is 4.55. The van der Waals surface area contributed by atoms with Gasteiger partial charge in [0.05, 0.1) is 12.6 Å². The number of nitrogens with zero attached hydrogens (tertiary/aromatic N) is 1. The number of hydrogen-bond acceptors (Lipinski definition) is 2. The molecule has 0 saturated carbocycles. The average Bonchev–Trinajstić information content (AvgIpc) is 2.70. The van der Waals surface area contributed by atoms with Gasteiger partial charge in [0, 0.05) is 17.0 Å². The monoisotopic (exact) mass is 218 g/mol. The number of aromatic nitrogens is 2. The van der Waals surface area contributed by atoms with Crippen LogP contribution in [0.3, 0.4) is 0 Å². The summed E-state index contributed by atoms with van der Waals surface area (Å²) in [6, 6.07) is 5.97. The molecule has 1 heterocycles. The van der Waals surface area contributed by atoms with E-state index in [-0.39, 0.29) is 0 Å². The second-order valence-electron chi connectivity index (χ2n) is 4.55. The molecule has 0 aliphatic heterocycles. The van der Waals surface area contributed by atoms with Crippen LogP contribution in [0.25, 0.3) is 10.9 Å². The van der Waals surface area contributed by atoms with E-state index in [1.165, 1.54) is 11.1 Å². The Morgan fingerprint density at radius 2 is 2.00 bits per heavy atom. The number of rotatable bonds is 3. The molecule has 0 fully saturated rings. The lowest BCUT2D eigenvalue weighted by Gasteiger charge is -2.13. The third-order valence-electron chi connectivity index (χ3n) is 3.25. The summed E-state index contributed by atoms with van der Waals surface area (Å²) in [5.41, 5.74) is 2.20. The van der Waals surface area contributed by atoms with Gasteiger partial charge in [-0.2, -0.15) is 5.10 Å². The fraction of sp³-hybridized carbons (Fsp3) is 0.462. The first kappa shape index (κ1) is 11.0. The van der Waals surface area contributed by atoms with Gasteiger partial charge in [0.2, 0.25) is 0 Å². The van der Waals surface area contributed by atoms with E-state index in [1.54, 1.807) is 7.11 Å². The minimum atomic E-state index is 0.470. The maximum absolute atomic E-state index is 5.25. The predicted octanol–water partition coefficient (Wildman–Crippen LogP) is 3.33. The molecule has 0 aliphatic rings. The molecule has 1 atom stereocenters. The van der Waals surface area contributed by atoms with E-state index >= 15 is 0 Å². The van der Waals surface area contributed by atoms with Crippen molar-refractivity contribution in [3.05, 3.63) is 23.9 Å². The molecule has 1 aromatic heterocycles. The number of benzene rings is 1. The smallest absolute Gasteiger partial charge is 0.119 e. The molecule has 0 bridgehead atoms. The maximum Gasteiger partial charge on any atom is 0.119 e. The van der Waals surface area contributed by atoms with Gasteiger partial charge >= 0.3 is 0 Å². The van der Waals surface area contributed by atoms with Gasteiger partial charge in [0.25, 0.3) is 0 Å². The van der Waals surface area contributed by atoms with Crippen molar-refractivity contribution in [1.82, 2.24) is 10.2 Å².